The van der Waals surface area contributed by atoms with E-state index in [1.807, 2.05) is 46.1 Å². The number of benzene rings is 3. The number of hydrogen-bond acceptors (Lipinski definition) is 7. The zero-order valence-corrected chi connectivity index (χ0v) is 25.5. The van der Waals surface area contributed by atoms with E-state index in [9.17, 15) is 0 Å². The first-order valence-corrected chi connectivity index (χ1v) is 15.3. The van der Waals surface area contributed by atoms with E-state index in [0.717, 1.165) is 43.2 Å². The van der Waals surface area contributed by atoms with Crippen LogP contribution in [0, 0.1) is 0 Å². The van der Waals surface area contributed by atoms with Crippen LogP contribution in [0.4, 0.5) is 11.4 Å². The number of hydrogen-bond donors (Lipinski definition) is 0. The van der Waals surface area contributed by atoms with Gasteiger partial charge in [0.2, 0.25) is 5.79 Å². The number of aromatic nitrogens is 4. The van der Waals surface area contributed by atoms with E-state index in [1.165, 1.54) is 11.4 Å². The monoisotopic (exact) mass is 630 g/mol. The zero-order valence-electron chi connectivity index (χ0n) is 24.0. The first-order valence-electron chi connectivity index (χ1n) is 14.6. The Hall–Kier alpha value is -4.02. The normalized spacial score (nSPS) is 20.3. The molecule has 11 heteroatoms. The van der Waals surface area contributed by atoms with Gasteiger partial charge in [0.25, 0.3) is 0 Å². The van der Waals surface area contributed by atoms with Crippen LogP contribution >= 0.6 is 23.2 Å². The molecule has 0 aliphatic carbocycles. The molecular weight excluding hydrogens is 599 g/mol. The van der Waals surface area contributed by atoms with Crippen LogP contribution in [0.5, 0.6) is 5.75 Å². The van der Waals surface area contributed by atoms with Crippen LogP contribution in [0.2, 0.25) is 10.0 Å². The molecule has 9 nitrogen and oxygen atoms in total. The fraction of sp³-hybridized carbons (Fsp3) is 0.273. The van der Waals surface area contributed by atoms with Crippen LogP contribution in [0.3, 0.4) is 0 Å². The average Bonchev–Trinajstić information content (AvgIpc) is 3.85. The predicted molar refractivity (Wildman–Crippen MR) is 171 cm³/mol. The summed E-state index contributed by atoms with van der Waals surface area (Å²) in [4.78, 5) is 13.1. The molecule has 0 saturated carbocycles. The van der Waals surface area contributed by atoms with Gasteiger partial charge in [-0.05, 0) is 60.7 Å². The van der Waals surface area contributed by atoms with Crippen molar-refractivity contribution in [2.45, 2.75) is 18.4 Å². The largest absolute Gasteiger partial charge is 0.491 e. The molecule has 2 aromatic heterocycles. The summed E-state index contributed by atoms with van der Waals surface area (Å²) < 4.78 is 22.9. The van der Waals surface area contributed by atoms with Gasteiger partial charge in [0.1, 0.15) is 18.5 Å². The van der Waals surface area contributed by atoms with E-state index < -0.39 is 5.79 Å². The van der Waals surface area contributed by atoms with Gasteiger partial charge in [-0.25, -0.2) is 9.97 Å². The summed E-state index contributed by atoms with van der Waals surface area (Å²) in [6, 6.07) is 22.2. The van der Waals surface area contributed by atoms with Crippen molar-refractivity contribution in [3.63, 3.8) is 0 Å². The van der Waals surface area contributed by atoms with Crippen LogP contribution in [0.15, 0.2) is 104 Å². The third kappa shape index (κ3) is 6.14. The van der Waals surface area contributed by atoms with Gasteiger partial charge in [-0.2, -0.15) is 0 Å². The minimum Gasteiger partial charge on any atom is -0.491 e. The quantitative estimate of drug-likeness (QED) is 0.196. The molecule has 2 saturated heterocycles. The maximum atomic E-state index is 6.59. The van der Waals surface area contributed by atoms with E-state index in [0.29, 0.717) is 29.8 Å². The Morgan fingerprint density at radius 2 is 1.45 bits per heavy atom. The summed E-state index contributed by atoms with van der Waals surface area (Å²) >= 11 is 12.8. The fourth-order valence-electron chi connectivity index (χ4n) is 5.79. The highest BCUT2D eigenvalue weighted by Gasteiger charge is 2.45. The van der Waals surface area contributed by atoms with Crippen molar-refractivity contribution in [1.82, 2.24) is 19.1 Å². The summed E-state index contributed by atoms with van der Waals surface area (Å²) in [5, 5.41) is 1.04. The summed E-state index contributed by atoms with van der Waals surface area (Å²) in [7, 11) is 0. The third-order valence-corrected chi connectivity index (χ3v) is 8.63. The number of ether oxygens (including phenoxy) is 3. The van der Waals surface area contributed by atoms with E-state index in [1.54, 1.807) is 30.9 Å². The lowest BCUT2D eigenvalue weighted by atomic mass is 10.1. The number of nitrogens with zero attached hydrogens (tertiary/aromatic N) is 6. The Kier molecular flexibility index (Phi) is 8.18. The van der Waals surface area contributed by atoms with E-state index in [-0.39, 0.29) is 6.10 Å². The molecule has 4 heterocycles. The van der Waals surface area contributed by atoms with Crippen molar-refractivity contribution in [1.29, 1.82) is 0 Å². The van der Waals surface area contributed by atoms with Gasteiger partial charge in [0.15, 0.2) is 0 Å². The van der Waals surface area contributed by atoms with Gasteiger partial charge in [0, 0.05) is 78.6 Å². The highest BCUT2D eigenvalue weighted by molar-refractivity contribution is 6.35. The number of rotatable bonds is 9. The van der Waals surface area contributed by atoms with Crippen LogP contribution in [-0.2, 0) is 21.8 Å². The molecule has 44 heavy (non-hydrogen) atoms. The molecule has 0 unspecified atom stereocenters. The standard InChI is InChI=1S/C33H32Cl2N6O3/c34-25-1-10-31(32(35)19-25)33(22-38-13-11-36-23-38)43-21-30(44-33)20-42-29-8-6-27(7-9-29)40-17-15-39(16-18-40)26-2-4-28(5-3-26)41-14-12-37-24-41/h1-14,19,23-24,30H,15-18,20-22H2/t30-,33-/m1/s1. The predicted octanol–water partition coefficient (Wildman–Crippen LogP) is 6.05. The molecular formula is C33H32Cl2N6O3. The molecule has 3 aromatic carbocycles. The molecule has 2 aliphatic rings. The lowest BCUT2D eigenvalue weighted by Gasteiger charge is -2.37. The maximum absolute atomic E-state index is 6.59. The van der Waals surface area contributed by atoms with Gasteiger partial charge in [0.05, 0.1) is 30.8 Å². The third-order valence-electron chi connectivity index (χ3n) is 8.09. The molecule has 7 rings (SSSR count). The minimum atomic E-state index is -1.08. The topological polar surface area (TPSA) is 69.8 Å². The molecule has 5 aromatic rings. The smallest absolute Gasteiger partial charge is 0.215 e. The second-order valence-corrected chi connectivity index (χ2v) is 11.8. The number of imidazole rings is 2. The maximum Gasteiger partial charge on any atom is 0.215 e. The van der Waals surface area contributed by atoms with Crippen molar-refractivity contribution >= 4 is 34.6 Å². The number of anilines is 2. The molecule has 2 fully saturated rings. The summed E-state index contributed by atoms with van der Waals surface area (Å²) in [6.07, 6.45) is 10.6. The Morgan fingerprint density at radius 1 is 0.795 bits per heavy atom. The number of halogens is 2. The van der Waals surface area contributed by atoms with Crippen molar-refractivity contribution in [2.75, 3.05) is 49.2 Å². The average molecular weight is 632 g/mol. The van der Waals surface area contributed by atoms with Gasteiger partial charge in [-0.15, -0.1) is 0 Å². The van der Waals surface area contributed by atoms with Gasteiger partial charge < -0.3 is 33.1 Å². The SMILES string of the molecule is Clc1ccc([C@]2(Cn3ccnc3)OC[C@@H](COc3ccc(N4CCN(c5ccc(-n6ccnc6)cc5)CC4)cc3)O2)c(Cl)c1. The Balaban J connectivity index is 0.936. The molecule has 0 radical (unpaired) electrons. The summed E-state index contributed by atoms with van der Waals surface area (Å²) in [6.45, 7) is 4.91. The highest BCUT2D eigenvalue weighted by atomic mass is 35.5. The van der Waals surface area contributed by atoms with E-state index in [2.05, 4.69) is 56.2 Å². The Labute approximate surface area is 266 Å². The number of piperazine rings is 1. The van der Waals surface area contributed by atoms with Crippen LogP contribution in [0.25, 0.3) is 5.69 Å². The molecule has 0 spiro atoms. The van der Waals surface area contributed by atoms with E-state index >= 15 is 0 Å². The fourth-order valence-corrected chi connectivity index (χ4v) is 6.34. The van der Waals surface area contributed by atoms with Gasteiger partial charge >= 0.3 is 0 Å². The molecule has 226 valence electrons. The molecule has 2 atom stereocenters. The molecule has 0 amide bonds. The van der Waals surface area contributed by atoms with Crippen molar-refractivity contribution < 1.29 is 14.2 Å². The lowest BCUT2D eigenvalue weighted by molar-refractivity contribution is -0.189. The lowest BCUT2D eigenvalue weighted by Crippen LogP contribution is -2.46. The minimum absolute atomic E-state index is 0.285. The van der Waals surface area contributed by atoms with Gasteiger partial charge in [-0.3, -0.25) is 0 Å². The highest BCUT2D eigenvalue weighted by Crippen LogP contribution is 2.40. The van der Waals surface area contributed by atoms with Crippen molar-refractivity contribution in [2.24, 2.45) is 0 Å². The van der Waals surface area contributed by atoms with Crippen LogP contribution < -0.4 is 14.5 Å². The van der Waals surface area contributed by atoms with Crippen molar-refractivity contribution in [3.8, 4) is 11.4 Å². The molecule has 0 N–H and O–H groups in total. The van der Waals surface area contributed by atoms with Gasteiger partial charge in [-0.1, -0.05) is 29.3 Å². The van der Waals surface area contributed by atoms with Crippen LogP contribution in [-0.4, -0.2) is 64.6 Å². The molecule has 2 aliphatic heterocycles. The first kappa shape index (κ1) is 28.7. The first-order chi connectivity index (χ1) is 21.5. The Morgan fingerprint density at radius 3 is 2.09 bits per heavy atom. The van der Waals surface area contributed by atoms with E-state index in [4.69, 9.17) is 37.4 Å². The second-order valence-electron chi connectivity index (χ2n) is 10.9. The van der Waals surface area contributed by atoms with Crippen molar-refractivity contribution in [3.05, 3.63) is 120 Å². The zero-order chi connectivity index (χ0) is 29.9. The second kappa shape index (κ2) is 12.5. The Bertz CT molecular complexity index is 1660. The summed E-state index contributed by atoms with van der Waals surface area (Å²) in [5.41, 5.74) is 4.25. The van der Waals surface area contributed by atoms with Crippen LogP contribution in [0.1, 0.15) is 5.56 Å². The summed E-state index contributed by atoms with van der Waals surface area (Å²) in [5.74, 6) is -0.296. The molecule has 0 bridgehead atoms.